The Morgan fingerprint density at radius 1 is 0.657 bits per heavy atom. The highest BCUT2D eigenvalue weighted by molar-refractivity contribution is 8.04. The molecule has 2 aromatic carbocycles. The van der Waals surface area contributed by atoms with Gasteiger partial charge in [0.25, 0.3) is 0 Å². The third-order valence-corrected chi connectivity index (χ3v) is 10.7. The summed E-state index contributed by atoms with van der Waals surface area (Å²) in [7, 11) is 0. The smallest absolute Gasteiger partial charge is 0.380 e. The summed E-state index contributed by atoms with van der Waals surface area (Å²) in [5, 5.41) is 19.1. The Labute approximate surface area is 205 Å². The van der Waals surface area contributed by atoms with E-state index < -0.39 is 39.7 Å². The number of hydrogen-bond donors (Lipinski definition) is 2. The van der Waals surface area contributed by atoms with Crippen molar-refractivity contribution in [3.05, 3.63) is 79.6 Å². The first kappa shape index (κ1) is 23.5. The van der Waals surface area contributed by atoms with Crippen LogP contribution in [0.15, 0.2) is 67.1 Å². The molecule has 6 rings (SSSR count). The van der Waals surface area contributed by atoms with Gasteiger partial charge in [0.1, 0.15) is 0 Å². The molecule has 0 bridgehead atoms. The Balaban J connectivity index is 1.77. The molecule has 2 aliphatic heterocycles. The minimum Gasteiger partial charge on any atom is -0.392 e. The predicted octanol–water partition coefficient (Wildman–Crippen LogP) is 6.54. The van der Waals surface area contributed by atoms with Crippen LogP contribution in [0.4, 0.5) is 26.3 Å². The van der Waals surface area contributed by atoms with Gasteiger partial charge in [-0.3, -0.25) is 0 Å². The zero-order valence-electron chi connectivity index (χ0n) is 18.4. The predicted molar refractivity (Wildman–Crippen MR) is 120 cm³/mol. The van der Waals surface area contributed by atoms with Gasteiger partial charge in [-0.15, -0.1) is 0 Å². The van der Waals surface area contributed by atoms with Crippen molar-refractivity contribution in [3.63, 3.8) is 0 Å². The largest absolute Gasteiger partial charge is 0.392 e. The summed E-state index contributed by atoms with van der Waals surface area (Å²) in [6.07, 6.45) is 0. The first-order valence-corrected chi connectivity index (χ1v) is 12.4. The minimum atomic E-state index is -5.60. The first-order chi connectivity index (χ1) is 16.3. The van der Waals surface area contributed by atoms with E-state index in [0.717, 1.165) is 23.5 Å². The summed E-state index contributed by atoms with van der Waals surface area (Å²) in [6, 6.07) is 9.72. The molecule has 2 N–H and O–H groups in total. The van der Waals surface area contributed by atoms with Crippen molar-refractivity contribution in [2.45, 2.75) is 65.4 Å². The highest BCUT2D eigenvalue weighted by Gasteiger charge is 2.85. The summed E-state index contributed by atoms with van der Waals surface area (Å²) in [4.78, 5) is 0.488. The van der Waals surface area contributed by atoms with Gasteiger partial charge in [-0.05, 0) is 48.2 Å². The van der Waals surface area contributed by atoms with E-state index >= 15 is 17.6 Å². The molecule has 0 aromatic heterocycles. The number of halogens is 6. The average molecular weight is 529 g/mol. The highest BCUT2D eigenvalue weighted by Crippen LogP contribution is 2.78. The van der Waals surface area contributed by atoms with Gasteiger partial charge in [-0.25, -0.2) is 0 Å². The topological polar surface area (TPSA) is 40.5 Å². The van der Waals surface area contributed by atoms with E-state index in [1.807, 2.05) is 0 Å². The lowest BCUT2D eigenvalue weighted by Crippen LogP contribution is -2.48. The molecule has 2 unspecified atom stereocenters. The fourth-order valence-electron chi connectivity index (χ4n) is 5.93. The van der Waals surface area contributed by atoms with Crippen LogP contribution in [0.5, 0.6) is 0 Å². The van der Waals surface area contributed by atoms with Crippen molar-refractivity contribution >= 4 is 23.5 Å². The first-order valence-electron chi connectivity index (χ1n) is 10.8. The van der Waals surface area contributed by atoms with E-state index in [4.69, 9.17) is 0 Å². The van der Waals surface area contributed by atoms with Crippen LogP contribution in [0.2, 0.25) is 0 Å². The fraction of sp³-hybridized carbons (Fsp3) is 0.360. The second kappa shape index (κ2) is 6.70. The molecule has 2 atom stereocenters. The van der Waals surface area contributed by atoms with Crippen LogP contribution in [0, 0.1) is 0 Å². The summed E-state index contributed by atoms with van der Waals surface area (Å²) in [6.45, 7) is 2.64. The van der Waals surface area contributed by atoms with Gasteiger partial charge in [0.15, 0.2) is 0 Å². The van der Waals surface area contributed by atoms with Crippen molar-refractivity contribution in [1.82, 2.24) is 0 Å². The zero-order chi connectivity index (χ0) is 25.3. The molecule has 10 heteroatoms. The molecule has 35 heavy (non-hydrogen) atoms. The Bertz CT molecular complexity index is 1290. The van der Waals surface area contributed by atoms with E-state index in [-0.39, 0.29) is 23.0 Å². The second-order valence-corrected chi connectivity index (χ2v) is 11.7. The van der Waals surface area contributed by atoms with Crippen molar-refractivity contribution < 1.29 is 36.6 Å². The van der Waals surface area contributed by atoms with Gasteiger partial charge >= 0.3 is 17.8 Å². The van der Waals surface area contributed by atoms with Crippen molar-refractivity contribution in [1.29, 1.82) is 0 Å². The molecule has 2 aliphatic carbocycles. The summed E-state index contributed by atoms with van der Waals surface area (Å²) in [5.74, 6) is -15.8. The van der Waals surface area contributed by atoms with Crippen molar-refractivity contribution in [2.24, 2.45) is 0 Å². The number of aliphatic hydroxyl groups is 2. The Morgan fingerprint density at radius 2 is 1.03 bits per heavy atom. The molecule has 2 heterocycles. The van der Waals surface area contributed by atoms with Gasteiger partial charge in [-0.1, -0.05) is 47.8 Å². The lowest BCUT2D eigenvalue weighted by Gasteiger charge is -2.48. The van der Waals surface area contributed by atoms with Crippen LogP contribution in [0.1, 0.15) is 36.1 Å². The molecule has 0 spiro atoms. The molecule has 184 valence electrons. The maximum absolute atomic E-state index is 15.3. The fourth-order valence-corrected chi connectivity index (χ4v) is 9.25. The van der Waals surface area contributed by atoms with Crippen molar-refractivity contribution in [3.8, 4) is 0 Å². The average Bonchev–Trinajstić information content (AvgIpc) is 3.32. The van der Waals surface area contributed by atoms with E-state index in [2.05, 4.69) is 0 Å². The molecule has 2 aromatic rings. The van der Waals surface area contributed by atoms with Crippen molar-refractivity contribution in [2.75, 3.05) is 0 Å². The number of thioether (sulfide) groups is 2. The van der Waals surface area contributed by atoms with Crippen LogP contribution in [-0.2, 0) is 24.0 Å². The number of rotatable bonds is 2. The molecule has 0 amide bonds. The van der Waals surface area contributed by atoms with E-state index in [9.17, 15) is 19.0 Å². The number of aliphatic hydroxyl groups excluding tert-OH is 2. The number of benzene rings is 2. The molecule has 1 fully saturated rings. The normalized spacial score (nSPS) is 30.7. The number of fused-ring (bicyclic) bond motifs is 8. The Morgan fingerprint density at radius 3 is 1.37 bits per heavy atom. The Hall–Kier alpha value is -1.88. The lowest BCUT2D eigenvalue weighted by atomic mass is 9.55. The minimum absolute atomic E-state index is 0.217. The zero-order valence-corrected chi connectivity index (χ0v) is 20.0. The van der Waals surface area contributed by atoms with Gasteiger partial charge in [0.2, 0.25) is 0 Å². The van der Waals surface area contributed by atoms with Gasteiger partial charge in [0.05, 0.1) is 13.2 Å². The van der Waals surface area contributed by atoms with Crippen LogP contribution in [0.25, 0.3) is 0 Å². The van der Waals surface area contributed by atoms with Crippen LogP contribution < -0.4 is 0 Å². The molecule has 1 saturated carbocycles. The molecular formula is C25H18F6O2S2. The quantitative estimate of drug-likeness (QED) is 0.435. The summed E-state index contributed by atoms with van der Waals surface area (Å²) < 4.78 is 91.0. The highest BCUT2D eigenvalue weighted by atomic mass is 32.2. The van der Waals surface area contributed by atoms with Gasteiger partial charge < -0.3 is 10.2 Å². The molecule has 4 aliphatic rings. The van der Waals surface area contributed by atoms with E-state index in [1.165, 1.54) is 0 Å². The van der Waals surface area contributed by atoms with Crippen LogP contribution >= 0.6 is 23.5 Å². The maximum atomic E-state index is 15.3. The molecule has 0 saturated heterocycles. The Kier molecular flexibility index (Phi) is 4.50. The van der Waals surface area contributed by atoms with E-state index in [1.54, 1.807) is 50.2 Å². The monoisotopic (exact) mass is 528 g/mol. The van der Waals surface area contributed by atoms with Crippen LogP contribution in [0.3, 0.4) is 0 Å². The molecule has 0 radical (unpaired) electrons. The molecule has 2 nitrogen and oxygen atoms in total. The SMILES string of the molecule is CC12C(=C3C(=C4Sc5cc(CO)ccc5C41C)C(F)(F)C(F)(F)C3(F)F)Sc1cc(CO)ccc12. The number of allylic oxidation sites excluding steroid dienone is 4. The van der Waals surface area contributed by atoms with Gasteiger partial charge in [0, 0.05) is 41.6 Å². The van der Waals surface area contributed by atoms with Gasteiger partial charge in [-0.2, -0.15) is 26.3 Å². The number of alkyl halides is 6. The number of hydrogen-bond acceptors (Lipinski definition) is 4. The molecular weight excluding hydrogens is 510 g/mol. The second-order valence-electron chi connectivity index (χ2n) is 9.56. The summed E-state index contributed by atoms with van der Waals surface area (Å²) >= 11 is 1.59. The standard InChI is InChI=1S/C25H18F6O2S2/c1-21-13-5-3-11(9-32)7-15(13)34-19(21)17-18(24(28,29)25(30,31)23(17,26)27)20-22(21,2)14-6-4-12(10-33)8-16(14)35-20/h3-8,32-33H,9-10H2,1-2H3. The third kappa shape index (κ3) is 2.36. The van der Waals surface area contributed by atoms with E-state index in [0.29, 0.717) is 32.0 Å². The summed E-state index contributed by atoms with van der Waals surface area (Å²) in [5.41, 5.74) is -3.21. The lowest BCUT2D eigenvalue weighted by molar-refractivity contribution is -0.258. The maximum Gasteiger partial charge on any atom is 0.380 e. The van der Waals surface area contributed by atoms with Crippen LogP contribution in [-0.4, -0.2) is 28.0 Å². The third-order valence-electron chi connectivity index (χ3n) is 7.99.